The highest BCUT2D eigenvalue weighted by Crippen LogP contribution is 2.33. The van der Waals surface area contributed by atoms with Gasteiger partial charge in [-0.25, -0.2) is 13.2 Å². The number of carbonyl (C=O) groups excluding carboxylic acids is 2. The number of benzene rings is 2. The molecule has 13 heteroatoms. The second kappa shape index (κ2) is 9.62. The molecule has 0 radical (unpaired) electrons. The molecule has 0 spiro atoms. The maximum Gasteiger partial charge on any atom is 0.337 e. The Kier molecular flexibility index (Phi) is 7.41. The lowest BCUT2D eigenvalue weighted by molar-refractivity contribution is -0.384. The number of nitro groups is 1. The highest BCUT2D eigenvalue weighted by Gasteiger charge is 2.26. The normalized spacial score (nSPS) is 10.8. The molecular formula is C18H18ClN3O8S. The molecular weight excluding hydrogens is 454 g/mol. The number of sulfonamides is 1. The number of amides is 1. The molecule has 0 aliphatic carbocycles. The number of nitrogens with zero attached hydrogens (tertiary/aromatic N) is 2. The highest BCUT2D eigenvalue weighted by molar-refractivity contribution is 7.92. The van der Waals surface area contributed by atoms with Crippen LogP contribution in [0.2, 0.25) is 5.02 Å². The van der Waals surface area contributed by atoms with E-state index in [4.69, 9.17) is 16.3 Å². The van der Waals surface area contributed by atoms with E-state index >= 15 is 0 Å². The van der Waals surface area contributed by atoms with Crippen molar-refractivity contribution in [1.82, 2.24) is 0 Å². The maximum absolute atomic E-state index is 12.6. The molecule has 0 atom stereocenters. The number of methoxy groups -OCH3 is 2. The van der Waals surface area contributed by atoms with Crippen molar-refractivity contribution in [2.24, 2.45) is 0 Å². The molecule has 2 aromatic rings. The van der Waals surface area contributed by atoms with Crippen LogP contribution in [0.4, 0.5) is 17.1 Å². The third-order valence-corrected chi connectivity index (χ3v) is 5.45. The predicted molar refractivity (Wildman–Crippen MR) is 113 cm³/mol. The lowest BCUT2D eigenvalue weighted by atomic mass is 10.2. The summed E-state index contributed by atoms with van der Waals surface area (Å²) in [6, 6.07) is 7.37. The van der Waals surface area contributed by atoms with E-state index in [0.717, 1.165) is 18.4 Å². The van der Waals surface area contributed by atoms with Crippen LogP contribution in [0.1, 0.15) is 10.4 Å². The van der Waals surface area contributed by atoms with Crippen molar-refractivity contribution in [3.05, 3.63) is 57.1 Å². The standard InChI is InChI=1S/C18H18ClN3O8S/c1-29-16-7-5-12(22(25)26)9-15(16)21(31(3,27)28)10-17(23)20-14-8-11(18(24)30-2)4-6-13(14)19/h4-9H,10H2,1-3H3,(H,20,23). The van der Waals surface area contributed by atoms with Crippen molar-refractivity contribution in [2.75, 3.05) is 36.6 Å². The first-order valence-corrected chi connectivity index (χ1v) is 10.7. The second-order valence-electron chi connectivity index (χ2n) is 6.12. The summed E-state index contributed by atoms with van der Waals surface area (Å²) in [6.45, 7) is -0.741. The summed E-state index contributed by atoms with van der Waals surface area (Å²) in [7, 11) is -1.61. The number of hydrogen-bond donors (Lipinski definition) is 1. The number of ether oxygens (including phenoxy) is 2. The molecule has 0 unspecified atom stereocenters. The minimum Gasteiger partial charge on any atom is -0.495 e. The summed E-state index contributed by atoms with van der Waals surface area (Å²) in [5.74, 6) is -1.47. The minimum absolute atomic E-state index is 0.00884. The Hall–Kier alpha value is -3.38. The quantitative estimate of drug-likeness (QED) is 0.351. The van der Waals surface area contributed by atoms with Crippen LogP contribution < -0.4 is 14.4 Å². The summed E-state index contributed by atoms with van der Waals surface area (Å²) >= 11 is 6.04. The van der Waals surface area contributed by atoms with E-state index in [-0.39, 0.29) is 27.7 Å². The Morgan fingerprint density at radius 1 is 1.19 bits per heavy atom. The van der Waals surface area contributed by atoms with Gasteiger partial charge in [0.25, 0.3) is 5.69 Å². The van der Waals surface area contributed by atoms with E-state index in [9.17, 15) is 28.1 Å². The number of non-ortho nitro benzene ring substituents is 1. The van der Waals surface area contributed by atoms with Crippen molar-refractivity contribution in [3.63, 3.8) is 0 Å². The number of hydrogen-bond acceptors (Lipinski definition) is 8. The molecule has 0 saturated carbocycles. The fourth-order valence-electron chi connectivity index (χ4n) is 2.55. The van der Waals surface area contributed by atoms with Gasteiger partial charge in [0.05, 0.1) is 41.7 Å². The Morgan fingerprint density at radius 3 is 2.42 bits per heavy atom. The highest BCUT2D eigenvalue weighted by atomic mass is 35.5. The second-order valence-corrected chi connectivity index (χ2v) is 8.43. The number of nitrogens with one attached hydrogen (secondary N) is 1. The van der Waals surface area contributed by atoms with Gasteiger partial charge in [-0.3, -0.25) is 19.2 Å². The van der Waals surface area contributed by atoms with Gasteiger partial charge >= 0.3 is 5.97 Å². The molecule has 0 aliphatic heterocycles. The molecule has 11 nitrogen and oxygen atoms in total. The first-order valence-electron chi connectivity index (χ1n) is 8.45. The molecule has 0 aliphatic rings. The van der Waals surface area contributed by atoms with E-state index in [1.165, 1.54) is 38.5 Å². The predicted octanol–water partition coefficient (Wildman–Crippen LogP) is 2.45. The molecule has 31 heavy (non-hydrogen) atoms. The van der Waals surface area contributed by atoms with E-state index in [1.807, 2.05) is 0 Å². The van der Waals surface area contributed by atoms with Gasteiger partial charge in [-0.05, 0) is 24.3 Å². The van der Waals surface area contributed by atoms with Gasteiger partial charge in [-0.15, -0.1) is 0 Å². The van der Waals surface area contributed by atoms with Crippen molar-refractivity contribution in [3.8, 4) is 5.75 Å². The Balaban J connectivity index is 2.40. The molecule has 1 N–H and O–H groups in total. The van der Waals surface area contributed by atoms with E-state index in [1.54, 1.807) is 0 Å². The van der Waals surface area contributed by atoms with Gasteiger partial charge in [-0.1, -0.05) is 11.6 Å². The van der Waals surface area contributed by atoms with Crippen molar-refractivity contribution in [2.45, 2.75) is 0 Å². The molecule has 2 aromatic carbocycles. The maximum atomic E-state index is 12.6. The van der Waals surface area contributed by atoms with Crippen LogP contribution in [-0.2, 0) is 19.6 Å². The molecule has 0 fully saturated rings. The zero-order chi connectivity index (χ0) is 23.3. The SMILES string of the molecule is COC(=O)c1ccc(Cl)c(NC(=O)CN(c2cc([N+](=O)[O-])ccc2OC)S(C)(=O)=O)c1. The van der Waals surface area contributed by atoms with E-state index in [0.29, 0.717) is 4.31 Å². The van der Waals surface area contributed by atoms with Gasteiger partial charge in [0.1, 0.15) is 18.0 Å². The first kappa shape index (κ1) is 23.9. The number of carbonyl (C=O) groups is 2. The lowest BCUT2D eigenvalue weighted by Gasteiger charge is -2.23. The molecule has 2 rings (SSSR count). The minimum atomic E-state index is -4.05. The van der Waals surface area contributed by atoms with Crippen LogP contribution in [0.3, 0.4) is 0 Å². The van der Waals surface area contributed by atoms with Crippen LogP contribution in [0.25, 0.3) is 0 Å². The number of nitro benzene ring substituents is 1. The van der Waals surface area contributed by atoms with Crippen LogP contribution in [-0.4, -0.2) is 52.2 Å². The Morgan fingerprint density at radius 2 is 1.87 bits per heavy atom. The lowest BCUT2D eigenvalue weighted by Crippen LogP contribution is -2.37. The topological polar surface area (TPSA) is 145 Å². The van der Waals surface area contributed by atoms with Crippen molar-refractivity contribution in [1.29, 1.82) is 0 Å². The number of esters is 1. The molecule has 166 valence electrons. The molecule has 0 bridgehead atoms. The van der Waals surface area contributed by atoms with Crippen LogP contribution in [0.15, 0.2) is 36.4 Å². The third-order valence-electron chi connectivity index (χ3n) is 3.99. The monoisotopic (exact) mass is 471 g/mol. The third kappa shape index (κ3) is 5.83. The van der Waals surface area contributed by atoms with Gasteiger partial charge < -0.3 is 14.8 Å². The molecule has 0 aromatic heterocycles. The van der Waals surface area contributed by atoms with Gasteiger partial charge in [0, 0.05) is 12.1 Å². The average Bonchev–Trinajstić information content (AvgIpc) is 2.71. The van der Waals surface area contributed by atoms with E-state index in [2.05, 4.69) is 10.1 Å². The van der Waals surface area contributed by atoms with Crippen LogP contribution in [0, 0.1) is 10.1 Å². The van der Waals surface area contributed by atoms with Crippen LogP contribution >= 0.6 is 11.6 Å². The zero-order valence-electron chi connectivity index (χ0n) is 16.6. The smallest absolute Gasteiger partial charge is 0.337 e. The molecule has 0 saturated heterocycles. The fourth-order valence-corrected chi connectivity index (χ4v) is 3.57. The molecule has 1 amide bonds. The summed E-state index contributed by atoms with van der Waals surface area (Å²) in [5.41, 5.74) is -0.418. The number of halogens is 1. The van der Waals surface area contributed by atoms with E-state index < -0.39 is 39.1 Å². The van der Waals surface area contributed by atoms with Crippen molar-refractivity contribution < 1.29 is 32.4 Å². The summed E-state index contributed by atoms with van der Waals surface area (Å²) in [4.78, 5) is 34.7. The first-order chi connectivity index (χ1) is 14.5. The van der Waals surface area contributed by atoms with Gasteiger partial charge in [-0.2, -0.15) is 0 Å². The fraction of sp³-hybridized carbons (Fsp3) is 0.222. The van der Waals surface area contributed by atoms with Crippen molar-refractivity contribution >= 4 is 50.6 Å². The zero-order valence-corrected chi connectivity index (χ0v) is 18.2. The van der Waals surface area contributed by atoms with Gasteiger partial charge in [0.15, 0.2) is 0 Å². The Bertz CT molecular complexity index is 1140. The number of rotatable bonds is 8. The summed E-state index contributed by atoms with van der Waals surface area (Å²) in [5, 5.41) is 13.6. The molecule has 0 heterocycles. The van der Waals surface area contributed by atoms with Crippen LogP contribution in [0.5, 0.6) is 5.75 Å². The largest absolute Gasteiger partial charge is 0.495 e. The summed E-state index contributed by atoms with van der Waals surface area (Å²) in [6.07, 6.45) is 0.837. The average molecular weight is 472 g/mol. The summed E-state index contributed by atoms with van der Waals surface area (Å²) < 4.78 is 35.1. The Labute approximate surface area is 182 Å². The van der Waals surface area contributed by atoms with Gasteiger partial charge in [0.2, 0.25) is 15.9 Å². The number of anilines is 2.